The summed E-state index contributed by atoms with van der Waals surface area (Å²) < 4.78 is 17.1. The number of hydrogen-bond donors (Lipinski definition) is 2. The molecule has 0 spiro atoms. The summed E-state index contributed by atoms with van der Waals surface area (Å²) in [6, 6.07) is 1.93. The van der Waals surface area contributed by atoms with Gasteiger partial charge in [-0.05, 0) is 25.8 Å². The standard InChI is InChI=1S/C20H22FN3O3/c1-3-12-9-23(7-6-22-12)16-8-15-17(11(2)18(16)21)19(25)14(20(26)27)10-24(15)13-4-5-13/h3,8,10,12-13,22H,1,4-7,9H2,2H3,(H,26,27). The summed E-state index contributed by atoms with van der Waals surface area (Å²) >= 11 is 0. The molecular formula is C20H22FN3O3. The molecule has 27 heavy (non-hydrogen) atoms. The molecule has 1 atom stereocenters. The molecule has 1 unspecified atom stereocenters. The third-order valence-electron chi connectivity index (χ3n) is 5.48. The van der Waals surface area contributed by atoms with E-state index in [-0.39, 0.29) is 28.6 Å². The summed E-state index contributed by atoms with van der Waals surface area (Å²) in [5, 5.41) is 12.9. The van der Waals surface area contributed by atoms with Gasteiger partial charge in [0.15, 0.2) is 0 Å². The monoisotopic (exact) mass is 371 g/mol. The van der Waals surface area contributed by atoms with Crippen LogP contribution in [0, 0.1) is 12.7 Å². The SMILES string of the molecule is C=CC1CN(c2cc3c(c(C)c2F)c(=O)c(C(=O)O)cn3C2CC2)CCN1. The van der Waals surface area contributed by atoms with Gasteiger partial charge in [0, 0.05) is 43.5 Å². The van der Waals surface area contributed by atoms with Gasteiger partial charge in [-0.2, -0.15) is 0 Å². The van der Waals surface area contributed by atoms with Crippen molar-refractivity contribution in [2.75, 3.05) is 24.5 Å². The maximum atomic E-state index is 15.2. The third kappa shape index (κ3) is 2.92. The molecule has 1 saturated heterocycles. The molecular weight excluding hydrogens is 349 g/mol. The molecule has 0 amide bonds. The number of nitrogens with one attached hydrogen (secondary N) is 1. The fourth-order valence-corrected chi connectivity index (χ4v) is 3.84. The zero-order valence-corrected chi connectivity index (χ0v) is 15.2. The van der Waals surface area contributed by atoms with Crippen molar-refractivity contribution in [3.8, 4) is 0 Å². The molecule has 6 nitrogen and oxygen atoms in total. The maximum Gasteiger partial charge on any atom is 0.341 e. The lowest BCUT2D eigenvalue weighted by Gasteiger charge is -2.34. The molecule has 1 aromatic heterocycles. The molecule has 2 aromatic rings. The Labute approximate surface area is 155 Å². The number of nitrogens with zero attached hydrogens (tertiary/aromatic N) is 2. The summed E-state index contributed by atoms with van der Waals surface area (Å²) in [5.74, 6) is -1.75. The van der Waals surface area contributed by atoms with Gasteiger partial charge in [0.05, 0.1) is 16.6 Å². The Balaban J connectivity index is 1.96. The number of carbonyl (C=O) groups is 1. The first-order valence-electron chi connectivity index (χ1n) is 9.14. The number of carboxylic acids is 1. The highest BCUT2D eigenvalue weighted by Gasteiger charge is 2.29. The van der Waals surface area contributed by atoms with Gasteiger partial charge in [0.1, 0.15) is 11.4 Å². The van der Waals surface area contributed by atoms with E-state index in [1.807, 2.05) is 9.47 Å². The number of hydrogen-bond acceptors (Lipinski definition) is 4. The largest absolute Gasteiger partial charge is 0.477 e. The second-order valence-electron chi connectivity index (χ2n) is 7.29. The summed E-state index contributed by atoms with van der Waals surface area (Å²) in [7, 11) is 0. The highest BCUT2D eigenvalue weighted by atomic mass is 19.1. The highest BCUT2D eigenvalue weighted by molar-refractivity contribution is 5.95. The van der Waals surface area contributed by atoms with Crippen molar-refractivity contribution in [3.05, 3.63) is 52.1 Å². The van der Waals surface area contributed by atoms with Gasteiger partial charge < -0.3 is 19.9 Å². The quantitative estimate of drug-likeness (QED) is 0.808. The van der Waals surface area contributed by atoms with Crippen LogP contribution in [0.25, 0.3) is 10.9 Å². The van der Waals surface area contributed by atoms with Crippen LogP contribution in [-0.4, -0.2) is 41.3 Å². The second-order valence-corrected chi connectivity index (χ2v) is 7.29. The van der Waals surface area contributed by atoms with E-state index < -0.39 is 17.2 Å². The van der Waals surface area contributed by atoms with Crippen molar-refractivity contribution in [1.82, 2.24) is 9.88 Å². The van der Waals surface area contributed by atoms with Gasteiger partial charge >= 0.3 is 5.97 Å². The van der Waals surface area contributed by atoms with Crippen LogP contribution in [0.4, 0.5) is 10.1 Å². The molecule has 7 heteroatoms. The number of pyridine rings is 1. The minimum absolute atomic E-state index is 0.0640. The zero-order valence-electron chi connectivity index (χ0n) is 15.2. The van der Waals surface area contributed by atoms with Gasteiger partial charge in [-0.1, -0.05) is 6.08 Å². The first kappa shape index (κ1) is 17.7. The van der Waals surface area contributed by atoms with Gasteiger partial charge in [-0.3, -0.25) is 4.79 Å². The summed E-state index contributed by atoms with van der Waals surface area (Å²) in [4.78, 5) is 26.2. The lowest BCUT2D eigenvalue weighted by molar-refractivity contribution is 0.0695. The predicted molar refractivity (Wildman–Crippen MR) is 102 cm³/mol. The van der Waals surface area contributed by atoms with Crippen molar-refractivity contribution < 1.29 is 14.3 Å². The van der Waals surface area contributed by atoms with E-state index in [4.69, 9.17) is 0 Å². The van der Waals surface area contributed by atoms with Crippen molar-refractivity contribution in [2.24, 2.45) is 0 Å². The lowest BCUT2D eigenvalue weighted by atomic mass is 10.0. The molecule has 1 saturated carbocycles. The van der Waals surface area contributed by atoms with Crippen LogP contribution in [0.3, 0.4) is 0 Å². The summed E-state index contributed by atoms with van der Waals surface area (Å²) in [5.41, 5.74) is 0.333. The van der Waals surface area contributed by atoms with E-state index in [1.165, 1.54) is 6.20 Å². The van der Waals surface area contributed by atoms with Gasteiger partial charge in [-0.25, -0.2) is 9.18 Å². The molecule has 2 aliphatic rings. The molecule has 2 heterocycles. The molecule has 0 radical (unpaired) electrons. The number of aryl methyl sites for hydroxylation is 1. The average Bonchev–Trinajstić information content (AvgIpc) is 3.49. The predicted octanol–water partition coefficient (Wildman–Crippen LogP) is 2.45. The van der Waals surface area contributed by atoms with Crippen LogP contribution >= 0.6 is 0 Å². The first-order valence-corrected chi connectivity index (χ1v) is 9.14. The number of aromatic carboxylic acids is 1. The van der Waals surface area contributed by atoms with Gasteiger partial charge in [-0.15, -0.1) is 6.58 Å². The van der Waals surface area contributed by atoms with Crippen LogP contribution in [-0.2, 0) is 0 Å². The molecule has 1 aliphatic carbocycles. The van der Waals surface area contributed by atoms with Crippen LogP contribution in [0.5, 0.6) is 0 Å². The minimum Gasteiger partial charge on any atom is -0.477 e. The number of benzene rings is 1. The van der Waals surface area contributed by atoms with E-state index in [1.54, 1.807) is 19.1 Å². The summed E-state index contributed by atoms with van der Waals surface area (Å²) in [6.45, 7) is 7.30. The number of halogens is 1. The van der Waals surface area contributed by atoms with E-state index in [9.17, 15) is 14.7 Å². The molecule has 2 fully saturated rings. The zero-order chi connectivity index (χ0) is 19.3. The molecule has 142 valence electrons. The normalized spacial score (nSPS) is 20.1. The van der Waals surface area contributed by atoms with E-state index >= 15 is 4.39 Å². The molecule has 4 rings (SSSR count). The van der Waals surface area contributed by atoms with Crippen molar-refractivity contribution in [3.63, 3.8) is 0 Å². The number of fused-ring (bicyclic) bond motifs is 1. The number of piperazine rings is 1. The van der Waals surface area contributed by atoms with Crippen LogP contribution in [0.1, 0.15) is 34.8 Å². The maximum absolute atomic E-state index is 15.2. The number of anilines is 1. The number of rotatable bonds is 4. The van der Waals surface area contributed by atoms with Crippen LogP contribution in [0.2, 0.25) is 0 Å². The van der Waals surface area contributed by atoms with E-state index in [0.29, 0.717) is 30.8 Å². The van der Waals surface area contributed by atoms with Crippen molar-refractivity contribution in [1.29, 1.82) is 0 Å². The Morgan fingerprint density at radius 2 is 2.19 bits per heavy atom. The first-order chi connectivity index (χ1) is 12.9. The van der Waals surface area contributed by atoms with E-state index in [2.05, 4.69) is 11.9 Å². The van der Waals surface area contributed by atoms with Crippen LogP contribution < -0.4 is 15.6 Å². The lowest BCUT2D eigenvalue weighted by Crippen LogP contribution is -2.50. The third-order valence-corrected chi connectivity index (χ3v) is 5.48. The Morgan fingerprint density at radius 1 is 1.44 bits per heavy atom. The van der Waals surface area contributed by atoms with Gasteiger partial charge in [0.2, 0.25) is 5.43 Å². The Bertz CT molecular complexity index is 1010. The summed E-state index contributed by atoms with van der Waals surface area (Å²) in [6.07, 6.45) is 5.07. The number of aromatic nitrogens is 1. The second kappa shape index (κ2) is 6.49. The van der Waals surface area contributed by atoms with Gasteiger partial charge in [0.25, 0.3) is 0 Å². The molecule has 1 aromatic carbocycles. The molecule has 1 aliphatic heterocycles. The number of carboxylic acid groups (broad SMARTS) is 1. The Hall–Kier alpha value is -2.67. The average molecular weight is 371 g/mol. The van der Waals surface area contributed by atoms with Crippen molar-refractivity contribution >= 4 is 22.6 Å². The fraction of sp³-hybridized carbons (Fsp3) is 0.400. The van der Waals surface area contributed by atoms with Crippen LogP contribution in [0.15, 0.2) is 29.7 Å². The topological polar surface area (TPSA) is 74.6 Å². The van der Waals surface area contributed by atoms with E-state index in [0.717, 1.165) is 12.8 Å². The highest BCUT2D eigenvalue weighted by Crippen LogP contribution is 2.39. The van der Waals surface area contributed by atoms with Crippen molar-refractivity contribution in [2.45, 2.75) is 31.8 Å². The Kier molecular flexibility index (Phi) is 4.26. The molecule has 2 N–H and O–H groups in total. The smallest absolute Gasteiger partial charge is 0.341 e. The minimum atomic E-state index is -1.28. The fourth-order valence-electron chi connectivity index (χ4n) is 3.84. The molecule has 0 bridgehead atoms. The Morgan fingerprint density at radius 3 is 2.81 bits per heavy atom.